The highest BCUT2D eigenvalue weighted by atomic mass is 16.5. The van der Waals surface area contributed by atoms with Gasteiger partial charge in [0.1, 0.15) is 12.1 Å². The van der Waals surface area contributed by atoms with E-state index in [4.69, 9.17) is 9.15 Å². The van der Waals surface area contributed by atoms with Gasteiger partial charge in [0.2, 0.25) is 0 Å². The summed E-state index contributed by atoms with van der Waals surface area (Å²) in [4.78, 5) is 20.1. The van der Waals surface area contributed by atoms with E-state index in [1.54, 1.807) is 6.20 Å². The second-order valence-corrected chi connectivity index (χ2v) is 5.14. The number of hydrogen-bond acceptors (Lipinski definition) is 5. The Morgan fingerprint density at radius 2 is 2.13 bits per heavy atom. The molecule has 1 aromatic carbocycles. The van der Waals surface area contributed by atoms with E-state index in [1.165, 1.54) is 0 Å². The molecule has 1 N–H and O–H groups in total. The Kier molecular flexibility index (Phi) is 4.52. The Labute approximate surface area is 133 Å². The van der Waals surface area contributed by atoms with Gasteiger partial charge in [0, 0.05) is 24.7 Å². The van der Waals surface area contributed by atoms with Crippen LogP contribution in [0.15, 0.2) is 47.0 Å². The fraction of sp³-hybridized carbons (Fsp3) is 0.235. The number of oxazole rings is 1. The zero-order chi connectivity index (χ0) is 16.1. The van der Waals surface area contributed by atoms with Crippen molar-refractivity contribution in [3.63, 3.8) is 0 Å². The van der Waals surface area contributed by atoms with Crippen molar-refractivity contribution in [2.24, 2.45) is 0 Å². The zero-order valence-corrected chi connectivity index (χ0v) is 12.8. The molecule has 6 heteroatoms. The van der Waals surface area contributed by atoms with E-state index in [9.17, 15) is 4.79 Å². The monoisotopic (exact) mass is 311 g/mol. The Balaban J connectivity index is 1.45. The molecule has 6 nitrogen and oxygen atoms in total. The first-order valence-electron chi connectivity index (χ1n) is 7.37. The smallest absolute Gasteiger partial charge is 0.407 e. The normalized spacial score (nSPS) is 10.7. The number of hydrogen-bond donors (Lipinski definition) is 1. The van der Waals surface area contributed by atoms with Crippen LogP contribution in [0.1, 0.15) is 17.1 Å². The van der Waals surface area contributed by atoms with Crippen molar-refractivity contribution in [1.82, 2.24) is 15.3 Å². The molecule has 0 aliphatic rings. The van der Waals surface area contributed by atoms with E-state index in [2.05, 4.69) is 15.3 Å². The van der Waals surface area contributed by atoms with Crippen LogP contribution < -0.4 is 5.32 Å². The topological polar surface area (TPSA) is 77.2 Å². The summed E-state index contributed by atoms with van der Waals surface area (Å²) in [5.41, 5.74) is 3.25. The summed E-state index contributed by atoms with van der Waals surface area (Å²) in [5.74, 6) is 0.566. The van der Waals surface area contributed by atoms with Crippen LogP contribution in [0.2, 0.25) is 0 Å². The van der Waals surface area contributed by atoms with Gasteiger partial charge in [0.15, 0.2) is 11.5 Å². The average Bonchev–Trinajstić information content (AvgIpc) is 2.95. The zero-order valence-electron chi connectivity index (χ0n) is 12.8. The number of aromatic nitrogens is 2. The molecule has 0 bridgehead atoms. The van der Waals surface area contributed by atoms with Gasteiger partial charge in [0.05, 0.1) is 6.20 Å². The molecule has 23 heavy (non-hydrogen) atoms. The molecule has 0 saturated carbocycles. The minimum atomic E-state index is -0.456. The number of ether oxygens (including phenoxy) is 1. The van der Waals surface area contributed by atoms with Crippen LogP contribution in [0.25, 0.3) is 11.1 Å². The maximum atomic E-state index is 11.6. The number of fused-ring (bicyclic) bond motifs is 1. The van der Waals surface area contributed by atoms with Crippen molar-refractivity contribution in [2.45, 2.75) is 20.0 Å². The Morgan fingerprint density at radius 3 is 2.96 bits per heavy atom. The van der Waals surface area contributed by atoms with E-state index in [0.717, 1.165) is 16.8 Å². The number of amides is 1. The molecule has 0 aliphatic heterocycles. The SMILES string of the molecule is Cc1cc2oc(CCNC(=O)OCc3ccccc3)nc2cn1. The van der Waals surface area contributed by atoms with Gasteiger partial charge in [-0.25, -0.2) is 9.78 Å². The summed E-state index contributed by atoms with van der Waals surface area (Å²) in [6, 6.07) is 11.4. The third-order valence-corrected chi connectivity index (χ3v) is 3.28. The van der Waals surface area contributed by atoms with Crippen molar-refractivity contribution in [3.8, 4) is 0 Å². The largest absolute Gasteiger partial charge is 0.445 e. The van der Waals surface area contributed by atoms with Crippen LogP contribution in [0.5, 0.6) is 0 Å². The number of nitrogens with one attached hydrogen (secondary N) is 1. The predicted molar refractivity (Wildman–Crippen MR) is 84.9 cm³/mol. The predicted octanol–water partition coefficient (Wildman–Crippen LogP) is 3.00. The van der Waals surface area contributed by atoms with E-state index in [1.807, 2.05) is 43.3 Å². The number of carbonyl (C=O) groups is 1. The standard InChI is InChI=1S/C17H17N3O3/c1-12-9-15-14(10-19-12)20-16(23-15)7-8-18-17(21)22-11-13-5-3-2-4-6-13/h2-6,9-10H,7-8,11H2,1H3,(H,18,21). The molecule has 0 saturated heterocycles. The fourth-order valence-corrected chi connectivity index (χ4v) is 2.13. The van der Waals surface area contributed by atoms with Crippen molar-refractivity contribution < 1.29 is 13.9 Å². The lowest BCUT2D eigenvalue weighted by Crippen LogP contribution is -2.26. The first-order chi connectivity index (χ1) is 11.2. The number of nitrogens with zero attached hydrogens (tertiary/aromatic N) is 2. The molecule has 1 amide bonds. The quantitative estimate of drug-likeness (QED) is 0.783. The van der Waals surface area contributed by atoms with E-state index in [-0.39, 0.29) is 6.61 Å². The summed E-state index contributed by atoms with van der Waals surface area (Å²) in [5, 5.41) is 2.68. The summed E-state index contributed by atoms with van der Waals surface area (Å²) in [7, 11) is 0. The highest BCUT2D eigenvalue weighted by Gasteiger charge is 2.08. The molecule has 0 spiro atoms. The lowest BCUT2D eigenvalue weighted by molar-refractivity contribution is 0.139. The van der Waals surface area contributed by atoms with Crippen molar-refractivity contribution in [1.29, 1.82) is 0 Å². The highest BCUT2D eigenvalue weighted by Crippen LogP contribution is 2.15. The van der Waals surface area contributed by atoms with Gasteiger partial charge in [-0.15, -0.1) is 0 Å². The summed E-state index contributed by atoms with van der Waals surface area (Å²) in [6.45, 7) is 2.54. The second kappa shape index (κ2) is 6.91. The molecule has 0 atom stereocenters. The van der Waals surface area contributed by atoms with Crippen LogP contribution in [0, 0.1) is 6.92 Å². The maximum absolute atomic E-state index is 11.6. The molecular formula is C17H17N3O3. The van der Waals surface area contributed by atoms with Gasteiger partial charge < -0.3 is 14.5 Å². The lowest BCUT2D eigenvalue weighted by Gasteiger charge is -2.05. The molecule has 118 valence electrons. The summed E-state index contributed by atoms with van der Waals surface area (Å²) >= 11 is 0. The number of rotatable bonds is 5. The van der Waals surface area contributed by atoms with Gasteiger partial charge in [-0.05, 0) is 12.5 Å². The van der Waals surface area contributed by atoms with Crippen molar-refractivity contribution in [2.75, 3.05) is 6.54 Å². The van der Waals surface area contributed by atoms with E-state index >= 15 is 0 Å². The molecule has 0 fully saturated rings. The summed E-state index contributed by atoms with van der Waals surface area (Å²) < 4.78 is 10.7. The van der Waals surface area contributed by atoms with Crippen molar-refractivity contribution >= 4 is 17.2 Å². The van der Waals surface area contributed by atoms with Gasteiger partial charge in [-0.3, -0.25) is 4.98 Å². The molecule has 2 aromatic heterocycles. The fourth-order valence-electron chi connectivity index (χ4n) is 2.13. The number of alkyl carbamates (subject to hydrolysis) is 1. The maximum Gasteiger partial charge on any atom is 0.407 e. The average molecular weight is 311 g/mol. The van der Waals surface area contributed by atoms with Crippen LogP contribution in [-0.2, 0) is 17.8 Å². The van der Waals surface area contributed by atoms with Crippen molar-refractivity contribution in [3.05, 3.63) is 59.7 Å². The first kappa shape index (κ1) is 15.0. The number of pyridine rings is 1. The molecule has 0 unspecified atom stereocenters. The van der Waals surface area contributed by atoms with Crippen LogP contribution in [0.3, 0.4) is 0 Å². The van der Waals surface area contributed by atoms with Crippen LogP contribution in [0.4, 0.5) is 4.79 Å². The van der Waals surface area contributed by atoms with Crippen LogP contribution in [-0.4, -0.2) is 22.6 Å². The molecule has 0 radical (unpaired) electrons. The first-order valence-corrected chi connectivity index (χ1v) is 7.37. The minimum Gasteiger partial charge on any atom is -0.445 e. The van der Waals surface area contributed by atoms with Gasteiger partial charge in [0.25, 0.3) is 0 Å². The van der Waals surface area contributed by atoms with Crippen LogP contribution >= 0.6 is 0 Å². The molecule has 3 aromatic rings. The summed E-state index contributed by atoms with van der Waals surface area (Å²) in [6.07, 6.45) is 1.72. The Morgan fingerprint density at radius 1 is 1.30 bits per heavy atom. The minimum absolute atomic E-state index is 0.251. The van der Waals surface area contributed by atoms with E-state index in [0.29, 0.717) is 24.4 Å². The second-order valence-electron chi connectivity index (χ2n) is 5.14. The highest BCUT2D eigenvalue weighted by molar-refractivity contribution is 5.71. The molecule has 3 rings (SSSR count). The van der Waals surface area contributed by atoms with Gasteiger partial charge >= 0.3 is 6.09 Å². The van der Waals surface area contributed by atoms with E-state index < -0.39 is 6.09 Å². The lowest BCUT2D eigenvalue weighted by atomic mass is 10.2. The third kappa shape index (κ3) is 4.06. The third-order valence-electron chi connectivity index (χ3n) is 3.28. The molecule has 0 aliphatic carbocycles. The Hall–Kier alpha value is -2.89. The number of carbonyl (C=O) groups excluding carboxylic acids is 1. The molecule has 2 heterocycles. The number of benzene rings is 1. The Bertz CT molecular complexity index is 799. The number of aryl methyl sites for hydroxylation is 1. The van der Waals surface area contributed by atoms with Gasteiger partial charge in [-0.2, -0.15) is 0 Å². The van der Waals surface area contributed by atoms with Gasteiger partial charge in [-0.1, -0.05) is 30.3 Å². The molecular weight excluding hydrogens is 294 g/mol.